The van der Waals surface area contributed by atoms with Gasteiger partial charge in [-0.15, -0.1) is 0 Å². The Bertz CT molecular complexity index is 2860. The second kappa shape index (κ2) is 18.1. The van der Waals surface area contributed by atoms with Crippen molar-refractivity contribution in [1.29, 1.82) is 0 Å². The van der Waals surface area contributed by atoms with E-state index in [1.807, 2.05) is 24.9 Å². The van der Waals surface area contributed by atoms with Crippen LogP contribution in [0.25, 0.3) is 16.6 Å². The number of allylic oxidation sites excluding steroid dienone is 1. The fraction of sp³-hybridized carbons (Fsp3) is 0.417. The largest absolute Gasteiger partial charge is 0.455 e. The molecular weight excluding hydrogens is 899 g/mol. The number of nitrogens with zero attached hydrogens (tertiary/aromatic N) is 5. The van der Waals surface area contributed by atoms with Gasteiger partial charge in [-0.25, -0.2) is 18.1 Å². The molecule has 4 heterocycles. The molecule has 3 fully saturated rings. The highest BCUT2D eigenvalue weighted by Gasteiger charge is 2.46. The van der Waals surface area contributed by atoms with E-state index in [-0.39, 0.29) is 22.4 Å². The van der Waals surface area contributed by atoms with Crippen LogP contribution >= 0.6 is 18.7 Å². The molecule has 9 rings (SSSR count). The highest BCUT2D eigenvalue weighted by atomic mass is 35.5. The van der Waals surface area contributed by atoms with Gasteiger partial charge in [-0.2, -0.15) is 0 Å². The maximum atomic E-state index is 14.0. The molecule has 0 spiro atoms. The zero-order valence-corrected chi connectivity index (χ0v) is 40.0. The first kappa shape index (κ1) is 45.9. The van der Waals surface area contributed by atoms with Gasteiger partial charge in [0, 0.05) is 99.1 Å². The smallest absolute Gasteiger partial charge is 0.293 e. The van der Waals surface area contributed by atoms with Crippen LogP contribution < -0.4 is 19.7 Å². The third-order valence-corrected chi connectivity index (χ3v) is 17.5. The molecule has 348 valence electrons. The maximum Gasteiger partial charge on any atom is 0.293 e. The molecule has 0 unspecified atom stereocenters. The van der Waals surface area contributed by atoms with Crippen LogP contribution in [0.5, 0.6) is 11.5 Å². The Kier molecular flexibility index (Phi) is 12.6. The van der Waals surface area contributed by atoms with Crippen LogP contribution in [0.1, 0.15) is 61.9 Å². The summed E-state index contributed by atoms with van der Waals surface area (Å²) >= 11 is 6.25. The number of sulfonamides is 1. The summed E-state index contributed by atoms with van der Waals surface area (Å²) in [4.78, 5) is 39.8. The summed E-state index contributed by atoms with van der Waals surface area (Å²) in [6, 6.07) is 20.5. The van der Waals surface area contributed by atoms with Gasteiger partial charge in [0.15, 0.2) is 0 Å². The SMILES string of the molecule is CC1(C)CCC(CN2CCN(c3ccc(C(=O)NS(=O)(=O)c4ccc(NC5(CN6CCP(C)(=O)CC6)CC5)c([N+](=O)[O-])c4)c(Oc4cnc5[nH]ccc5c4)c3)CC2)=C(c2ccc(Cl)cc2)C1. The average molecular weight is 956 g/mol. The molecule has 5 aromatic rings. The molecule has 2 aliphatic carbocycles. The number of aromatic amines is 1. The van der Waals surface area contributed by atoms with E-state index in [1.54, 1.807) is 30.5 Å². The second-order valence-corrected chi connectivity index (χ2v) is 25.0. The average Bonchev–Trinajstić information content (AvgIpc) is 3.86. The minimum Gasteiger partial charge on any atom is -0.455 e. The van der Waals surface area contributed by atoms with Crippen LogP contribution in [-0.2, 0) is 14.6 Å². The lowest BCUT2D eigenvalue weighted by Gasteiger charge is -2.39. The number of carbonyl (C=O) groups is 1. The van der Waals surface area contributed by atoms with Gasteiger partial charge in [-0.3, -0.25) is 19.8 Å². The van der Waals surface area contributed by atoms with E-state index in [1.165, 1.54) is 35.0 Å². The standard InChI is InChI=1S/C48H56ClN8O7PS/c1-47(2)14-12-35(41(29-47)33-4-6-36(49)7-5-33)31-54-18-20-56(21-19-54)37-8-10-40(44(27-37)64-38-26-34-13-17-50-45(34)51-30-38)46(58)53-66(62,63)39-9-11-42(43(28-39)57(59)60)52-48(15-16-48)32-55-22-24-65(3,61)25-23-55/h4-11,13,17,26-28,30,52H,12,14-16,18-25,29,31-32H2,1-3H3,(H,50,51)(H,53,58). The van der Waals surface area contributed by atoms with Gasteiger partial charge in [0.1, 0.15) is 22.8 Å². The van der Waals surface area contributed by atoms with E-state index < -0.39 is 44.1 Å². The number of rotatable bonds is 14. The molecule has 2 saturated heterocycles. The van der Waals surface area contributed by atoms with Gasteiger partial charge >= 0.3 is 0 Å². The predicted octanol–water partition coefficient (Wildman–Crippen LogP) is 9.07. The third-order valence-electron chi connectivity index (χ3n) is 13.6. The van der Waals surface area contributed by atoms with Crippen LogP contribution in [0.15, 0.2) is 95.7 Å². The molecule has 2 aromatic heterocycles. The summed E-state index contributed by atoms with van der Waals surface area (Å²) in [6.45, 7) is 12.5. The lowest BCUT2D eigenvalue weighted by Crippen LogP contribution is -2.47. The number of piperazine rings is 1. The quantitative estimate of drug-likeness (QED) is 0.0546. The van der Waals surface area contributed by atoms with Gasteiger partial charge in [0.05, 0.1) is 34.3 Å². The Balaban J connectivity index is 0.919. The fourth-order valence-corrected chi connectivity index (χ4v) is 12.2. The molecule has 4 aliphatic rings. The zero-order chi connectivity index (χ0) is 46.4. The van der Waals surface area contributed by atoms with Crippen LogP contribution in [0, 0.1) is 15.5 Å². The summed E-state index contributed by atoms with van der Waals surface area (Å²) in [5, 5.41) is 17.2. The van der Waals surface area contributed by atoms with E-state index in [9.17, 15) is 27.9 Å². The van der Waals surface area contributed by atoms with E-state index in [2.05, 4.69) is 60.7 Å². The number of H-pyrrole nitrogens is 1. The van der Waals surface area contributed by atoms with Crippen molar-refractivity contribution < 1.29 is 27.4 Å². The number of fused-ring (bicyclic) bond motifs is 1. The van der Waals surface area contributed by atoms with Crippen molar-refractivity contribution in [3.05, 3.63) is 117 Å². The van der Waals surface area contributed by atoms with Gasteiger partial charge in [0.2, 0.25) is 0 Å². The van der Waals surface area contributed by atoms with Crippen LogP contribution in [0.3, 0.4) is 0 Å². The molecule has 0 radical (unpaired) electrons. The van der Waals surface area contributed by atoms with E-state index in [0.29, 0.717) is 43.4 Å². The maximum absolute atomic E-state index is 14.0. The highest BCUT2D eigenvalue weighted by molar-refractivity contribution is 7.90. The number of amides is 1. The number of aromatic nitrogens is 2. The normalized spacial score (nSPS) is 19.7. The Morgan fingerprint density at radius 3 is 2.41 bits per heavy atom. The molecule has 0 atom stereocenters. The number of hydrogen-bond acceptors (Lipinski definition) is 12. The number of nitro groups is 1. The number of carbonyl (C=O) groups excluding carboxylic acids is 1. The topological polar surface area (TPSA) is 183 Å². The third kappa shape index (κ3) is 10.5. The van der Waals surface area contributed by atoms with E-state index >= 15 is 0 Å². The molecule has 66 heavy (non-hydrogen) atoms. The van der Waals surface area contributed by atoms with E-state index in [4.69, 9.17) is 16.3 Å². The molecule has 1 amide bonds. The van der Waals surface area contributed by atoms with Crippen molar-refractivity contribution in [3.63, 3.8) is 0 Å². The Morgan fingerprint density at radius 2 is 1.70 bits per heavy atom. The van der Waals surface area contributed by atoms with Crippen LogP contribution in [0.2, 0.25) is 5.02 Å². The van der Waals surface area contributed by atoms with Crippen LogP contribution in [0.4, 0.5) is 17.1 Å². The number of nitro benzene ring substituents is 1. The van der Waals surface area contributed by atoms with Crippen molar-refractivity contribution in [2.24, 2.45) is 5.41 Å². The Morgan fingerprint density at radius 1 is 0.955 bits per heavy atom. The number of halogens is 1. The van der Waals surface area contributed by atoms with Crippen molar-refractivity contribution in [2.75, 3.05) is 81.6 Å². The molecule has 0 bridgehead atoms. The molecule has 15 nitrogen and oxygen atoms in total. The number of ether oxygens (including phenoxy) is 1. The van der Waals surface area contributed by atoms with Gasteiger partial charge < -0.3 is 29.4 Å². The first-order chi connectivity index (χ1) is 31.4. The summed E-state index contributed by atoms with van der Waals surface area (Å²) in [5.74, 6) is -0.491. The molecule has 2 aliphatic heterocycles. The lowest BCUT2D eigenvalue weighted by atomic mass is 9.72. The number of hydrogen-bond donors (Lipinski definition) is 3. The summed E-state index contributed by atoms with van der Waals surface area (Å²) in [7, 11) is -6.71. The Hall–Kier alpha value is -5.25. The first-order valence-electron chi connectivity index (χ1n) is 22.5. The van der Waals surface area contributed by atoms with Crippen molar-refractivity contribution in [1.82, 2.24) is 24.5 Å². The van der Waals surface area contributed by atoms with E-state index in [0.717, 1.165) is 87.0 Å². The number of anilines is 2. The molecule has 1 saturated carbocycles. The molecule has 3 aromatic carbocycles. The highest BCUT2D eigenvalue weighted by Crippen LogP contribution is 2.47. The minimum atomic E-state index is -4.60. The van der Waals surface area contributed by atoms with Gasteiger partial charge in [-0.1, -0.05) is 43.2 Å². The first-order valence-corrected chi connectivity index (χ1v) is 26.9. The summed E-state index contributed by atoms with van der Waals surface area (Å²) in [6.07, 6.45) is 9.33. The molecular formula is C48H56ClN8O7PS. The summed E-state index contributed by atoms with van der Waals surface area (Å²) < 4.78 is 48.7. The van der Waals surface area contributed by atoms with Gasteiger partial charge in [0.25, 0.3) is 21.6 Å². The van der Waals surface area contributed by atoms with Crippen molar-refractivity contribution in [3.8, 4) is 11.5 Å². The number of nitrogens with one attached hydrogen (secondary N) is 3. The lowest BCUT2D eigenvalue weighted by molar-refractivity contribution is -0.384. The van der Waals surface area contributed by atoms with Crippen molar-refractivity contribution in [2.45, 2.75) is 56.4 Å². The summed E-state index contributed by atoms with van der Waals surface area (Å²) in [5.41, 5.74) is 5.10. The molecule has 3 N–H and O–H groups in total. The monoisotopic (exact) mass is 954 g/mol. The number of benzene rings is 3. The minimum absolute atomic E-state index is 0.0439. The Labute approximate surface area is 390 Å². The van der Waals surface area contributed by atoms with Crippen molar-refractivity contribution >= 4 is 68.3 Å². The number of pyridine rings is 1. The predicted molar refractivity (Wildman–Crippen MR) is 260 cm³/mol. The van der Waals surface area contributed by atoms with Gasteiger partial charge in [-0.05, 0) is 104 Å². The second-order valence-electron chi connectivity index (χ2n) is 19.4. The fourth-order valence-electron chi connectivity index (χ4n) is 9.43. The molecule has 18 heteroatoms. The zero-order valence-electron chi connectivity index (χ0n) is 37.5. The van der Waals surface area contributed by atoms with Crippen LogP contribution in [-0.4, -0.2) is 116 Å².